The lowest BCUT2D eigenvalue weighted by atomic mass is 10.1. The molecule has 0 amide bonds. The predicted molar refractivity (Wildman–Crippen MR) is 80.1 cm³/mol. The molecule has 0 fully saturated rings. The van der Waals surface area contributed by atoms with Crippen molar-refractivity contribution in [2.45, 2.75) is 27.7 Å². The Morgan fingerprint density at radius 3 is 2.47 bits per heavy atom. The summed E-state index contributed by atoms with van der Waals surface area (Å²) in [6.45, 7) is 11.0. The minimum absolute atomic E-state index is 0.587. The Balaban J connectivity index is 2.50. The lowest BCUT2D eigenvalue weighted by molar-refractivity contribution is 0.261. The molecule has 0 N–H and O–H groups in total. The molecule has 0 radical (unpaired) electrons. The highest BCUT2D eigenvalue weighted by atomic mass is 16.6. The summed E-state index contributed by atoms with van der Waals surface area (Å²) in [6, 6.07) is 8.32. The quantitative estimate of drug-likeness (QED) is 0.750. The predicted octanol–water partition coefficient (Wildman–Crippen LogP) is 4.27. The van der Waals surface area contributed by atoms with Crippen molar-refractivity contribution in [3.05, 3.63) is 29.8 Å². The smallest absolute Gasteiger partial charge is 0.372 e. The Morgan fingerprint density at radius 2 is 1.84 bits per heavy atom. The van der Waals surface area contributed by atoms with E-state index < -0.39 is 0 Å². The van der Waals surface area contributed by atoms with Crippen LogP contribution in [0.1, 0.15) is 26.3 Å². The molecule has 2 aromatic rings. The SMILES string of the molecule is CCOc1cc(C)c2ccc(N(CC)CC)cc2[o+]1. The van der Waals surface area contributed by atoms with Gasteiger partial charge >= 0.3 is 5.95 Å². The molecule has 0 aliphatic carbocycles. The fourth-order valence-corrected chi connectivity index (χ4v) is 2.31. The average molecular weight is 260 g/mol. The first-order valence-corrected chi connectivity index (χ1v) is 6.94. The number of hydrogen-bond donors (Lipinski definition) is 0. The Kier molecular flexibility index (Phi) is 4.25. The van der Waals surface area contributed by atoms with Gasteiger partial charge in [-0.15, -0.1) is 0 Å². The van der Waals surface area contributed by atoms with E-state index in [1.165, 1.54) is 11.3 Å². The van der Waals surface area contributed by atoms with Crippen LogP contribution in [0.5, 0.6) is 5.95 Å². The van der Waals surface area contributed by atoms with Gasteiger partial charge in [0.05, 0.1) is 11.5 Å². The first-order chi connectivity index (χ1) is 9.19. The third-order valence-electron chi connectivity index (χ3n) is 3.35. The Hall–Kier alpha value is -1.77. The number of benzene rings is 1. The van der Waals surface area contributed by atoms with E-state index in [-0.39, 0.29) is 0 Å². The van der Waals surface area contributed by atoms with Crippen LogP contribution in [0.25, 0.3) is 11.0 Å². The zero-order valence-electron chi connectivity index (χ0n) is 12.2. The molecule has 0 saturated heterocycles. The second-order valence-corrected chi connectivity index (χ2v) is 4.53. The maximum atomic E-state index is 5.81. The third kappa shape index (κ3) is 2.80. The summed E-state index contributed by atoms with van der Waals surface area (Å²) < 4.78 is 11.3. The highest BCUT2D eigenvalue weighted by Crippen LogP contribution is 2.28. The van der Waals surface area contributed by atoms with Gasteiger partial charge < -0.3 is 9.64 Å². The highest BCUT2D eigenvalue weighted by molar-refractivity contribution is 5.84. The van der Waals surface area contributed by atoms with Crippen LogP contribution in [0.2, 0.25) is 0 Å². The molecular formula is C16H22NO2+. The van der Waals surface area contributed by atoms with Gasteiger partial charge in [0.15, 0.2) is 6.61 Å². The van der Waals surface area contributed by atoms with E-state index in [9.17, 15) is 0 Å². The fraction of sp³-hybridized carbons (Fsp3) is 0.438. The second-order valence-electron chi connectivity index (χ2n) is 4.53. The molecule has 3 nitrogen and oxygen atoms in total. The Morgan fingerprint density at radius 1 is 1.11 bits per heavy atom. The number of nitrogens with zero attached hydrogens (tertiary/aromatic N) is 1. The topological polar surface area (TPSA) is 23.8 Å². The number of ether oxygens (including phenoxy) is 1. The summed E-state index contributed by atoms with van der Waals surface area (Å²) in [5, 5.41) is 1.14. The minimum atomic E-state index is 0.587. The standard InChI is InChI=1S/C16H22NO2/c1-5-17(6-2)13-8-9-14-12(4)10-16(18-7-3)19-15(14)11-13/h8-11H,5-7H2,1-4H3/q+1. The molecule has 1 aromatic carbocycles. The monoisotopic (exact) mass is 260 g/mol. The summed E-state index contributed by atoms with van der Waals surface area (Å²) in [5.74, 6) is 0.587. The number of rotatable bonds is 5. The van der Waals surface area contributed by atoms with Gasteiger partial charge in [-0.2, -0.15) is 0 Å². The first kappa shape index (κ1) is 13.7. The molecule has 0 aliphatic heterocycles. The van der Waals surface area contributed by atoms with Crippen molar-refractivity contribution in [1.29, 1.82) is 0 Å². The summed E-state index contributed by atoms with van der Waals surface area (Å²) in [6.07, 6.45) is 0. The van der Waals surface area contributed by atoms with Gasteiger partial charge in [0.2, 0.25) is 0 Å². The van der Waals surface area contributed by atoms with Gasteiger partial charge in [-0.25, -0.2) is 0 Å². The second kappa shape index (κ2) is 5.91. The molecule has 2 rings (SSSR count). The summed E-state index contributed by atoms with van der Waals surface area (Å²) >= 11 is 0. The van der Waals surface area contributed by atoms with Gasteiger partial charge in [-0.3, -0.25) is 4.42 Å². The molecule has 1 aromatic heterocycles. The average Bonchev–Trinajstić information content (AvgIpc) is 2.40. The van der Waals surface area contributed by atoms with Crippen LogP contribution in [0, 0.1) is 6.92 Å². The van der Waals surface area contributed by atoms with Crippen molar-refractivity contribution >= 4 is 16.7 Å². The minimum Gasteiger partial charge on any atom is -0.372 e. The zero-order valence-corrected chi connectivity index (χ0v) is 12.2. The lowest BCUT2D eigenvalue weighted by Crippen LogP contribution is -2.21. The normalized spacial score (nSPS) is 10.7. The molecule has 0 saturated carbocycles. The van der Waals surface area contributed by atoms with E-state index in [0.29, 0.717) is 12.6 Å². The van der Waals surface area contributed by atoms with Gasteiger partial charge in [-0.1, -0.05) is 0 Å². The van der Waals surface area contributed by atoms with Crippen LogP contribution in [0.3, 0.4) is 0 Å². The zero-order chi connectivity index (χ0) is 13.8. The van der Waals surface area contributed by atoms with Crippen molar-refractivity contribution in [3.63, 3.8) is 0 Å². The lowest BCUT2D eigenvalue weighted by Gasteiger charge is -2.20. The fourth-order valence-electron chi connectivity index (χ4n) is 2.31. The van der Waals surface area contributed by atoms with Gasteiger partial charge in [-0.05, 0) is 45.4 Å². The molecule has 102 valence electrons. The summed E-state index contributed by atoms with van der Waals surface area (Å²) in [7, 11) is 0. The summed E-state index contributed by atoms with van der Waals surface area (Å²) in [5.41, 5.74) is 3.25. The van der Waals surface area contributed by atoms with Gasteiger partial charge in [0, 0.05) is 24.8 Å². The largest absolute Gasteiger partial charge is 0.518 e. The summed E-state index contributed by atoms with van der Waals surface area (Å²) in [4.78, 5) is 2.30. The van der Waals surface area contributed by atoms with Gasteiger partial charge in [0.25, 0.3) is 5.58 Å². The van der Waals surface area contributed by atoms with E-state index in [2.05, 4.69) is 43.9 Å². The van der Waals surface area contributed by atoms with E-state index in [1.807, 2.05) is 13.0 Å². The van der Waals surface area contributed by atoms with Crippen molar-refractivity contribution < 1.29 is 9.15 Å². The van der Waals surface area contributed by atoms with Crippen LogP contribution in [0.4, 0.5) is 5.69 Å². The number of aryl methyl sites for hydroxylation is 1. The van der Waals surface area contributed by atoms with E-state index in [1.54, 1.807) is 0 Å². The van der Waals surface area contributed by atoms with Crippen molar-refractivity contribution in [2.75, 3.05) is 24.6 Å². The Bertz CT molecular complexity index is 562. The van der Waals surface area contributed by atoms with Crippen LogP contribution in [-0.2, 0) is 0 Å². The maximum Gasteiger partial charge on any atom is 0.518 e. The van der Waals surface area contributed by atoms with E-state index in [4.69, 9.17) is 9.15 Å². The van der Waals surface area contributed by atoms with E-state index >= 15 is 0 Å². The Labute approximate surface area is 114 Å². The highest BCUT2D eigenvalue weighted by Gasteiger charge is 2.15. The van der Waals surface area contributed by atoms with Gasteiger partial charge in [0.1, 0.15) is 0 Å². The van der Waals surface area contributed by atoms with Crippen LogP contribution < -0.4 is 9.64 Å². The number of hydrogen-bond acceptors (Lipinski definition) is 2. The van der Waals surface area contributed by atoms with Crippen LogP contribution in [-0.4, -0.2) is 19.7 Å². The molecule has 0 unspecified atom stereocenters. The molecule has 0 spiro atoms. The van der Waals surface area contributed by atoms with Crippen molar-refractivity contribution in [2.24, 2.45) is 0 Å². The molecular weight excluding hydrogens is 238 g/mol. The van der Waals surface area contributed by atoms with Crippen LogP contribution in [0.15, 0.2) is 28.7 Å². The van der Waals surface area contributed by atoms with Crippen molar-refractivity contribution in [1.82, 2.24) is 0 Å². The molecule has 19 heavy (non-hydrogen) atoms. The number of anilines is 1. The molecule has 1 heterocycles. The maximum absolute atomic E-state index is 5.81. The van der Waals surface area contributed by atoms with Crippen LogP contribution >= 0.6 is 0 Å². The first-order valence-electron chi connectivity index (χ1n) is 6.94. The molecule has 0 bridgehead atoms. The molecule has 0 atom stereocenters. The molecule has 0 aliphatic rings. The van der Waals surface area contributed by atoms with E-state index in [0.717, 1.165) is 24.1 Å². The number of fused-ring (bicyclic) bond motifs is 1. The third-order valence-corrected chi connectivity index (χ3v) is 3.35. The van der Waals surface area contributed by atoms with Crippen molar-refractivity contribution in [3.8, 4) is 5.95 Å². The molecule has 3 heteroatoms.